The second kappa shape index (κ2) is 6.21. The van der Waals surface area contributed by atoms with E-state index in [-0.39, 0.29) is 0 Å². The average molecular weight is 284 g/mol. The Bertz CT molecular complexity index is 497. The molecule has 18 heavy (non-hydrogen) atoms. The Kier molecular flexibility index (Phi) is 4.61. The zero-order valence-electron chi connectivity index (χ0n) is 10.2. The summed E-state index contributed by atoms with van der Waals surface area (Å²) in [6, 6.07) is 5.68. The van der Waals surface area contributed by atoms with Crippen molar-refractivity contribution in [3.05, 3.63) is 46.2 Å². The summed E-state index contributed by atoms with van der Waals surface area (Å²) in [5.41, 5.74) is 1.12. The minimum absolute atomic E-state index is 0.335. The summed E-state index contributed by atoms with van der Waals surface area (Å²) in [7, 11) is 0. The third-order valence-corrected chi connectivity index (χ3v) is 3.48. The second-order valence-electron chi connectivity index (χ2n) is 4.28. The molecule has 0 aliphatic rings. The summed E-state index contributed by atoms with van der Waals surface area (Å²) in [6.45, 7) is 2.95. The Morgan fingerprint density at radius 3 is 2.78 bits per heavy atom. The third kappa shape index (κ3) is 3.24. The largest absolute Gasteiger partial charge is 0.252 e. The topological polar surface area (TPSA) is 30.7 Å². The van der Waals surface area contributed by atoms with Gasteiger partial charge in [-0.1, -0.05) is 47.8 Å². The van der Waals surface area contributed by atoms with Crippen molar-refractivity contribution in [1.29, 1.82) is 0 Å². The van der Waals surface area contributed by atoms with Gasteiger partial charge in [0.25, 0.3) is 0 Å². The van der Waals surface area contributed by atoms with Gasteiger partial charge in [0.05, 0.1) is 6.20 Å². The summed E-state index contributed by atoms with van der Waals surface area (Å²) in [6.07, 6.45) is 5.71. The molecular weight excluding hydrogens is 269 g/mol. The Morgan fingerprint density at radius 1 is 1.33 bits per heavy atom. The van der Waals surface area contributed by atoms with E-state index in [0.717, 1.165) is 30.0 Å². The molecule has 2 aromatic rings. The van der Waals surface area contributed by atoms with Crippen molar-refractivity contribution in [2.24, 2.45) is 0 Å². The summed E-state index contributed by atoms with van der Waals surface area (Å²) < 4.78 is 1.84. The van der Waals surface area contributed by atoms with Gasteiger partial charge in [0.15, 0.2) is 0 Å². The molecule has 1 aromatic carbocycles. The lowest BCUT2D eigenvalue weighted by atomic mass is 9.94. The van der Waals surface area contributed by atoms with Crippen LogP contribution in [0, 0.1) is 0 Å². The van der Waals surface area contributed by atoms with Gasteiger partial charge in [-0.05, 0) is 24.1 Å². The molecule has 0 aliphatic carbocycles. The molecule has 1 heterocycles. The number of benzene rings is 1. The van der Waals surface area contributed by atoms with Gasteiger partial charge >= 0.3 is 0 Å². The van der Waals surface area contributed by atoms with Crippen LogP contribution < -0.4 is 0 Å². The highest BCUT2D eigenvalue weighted by atomic mass is 35.5. The molecule has 96 valence electrons. The van der Waals surface area contributed by atoms with Gasteiger partial charge in [-0.2, -0.15) is 0 Å². The van der Waals surface area contributed by atoms with Crippen LogP contribution >= 0.6 is 23.2 Å². The lowest BCUT2D eigenvalue weighted by molar-refractivity contribution is 0.475. The SMILES string of the molecule is CCCC(Cn1ccnn1)c1ccc(Cl)cc1Cl. The highest BCUT2D eigenvalue weighted by Crippen LogP contribution is 2.31. The third-order valence-electron chi connectivity index (χ3n) is 2.92. The minimum Gasteiger partial charge on any atom is -0.252 e. The summed E-state index contributed by atoms with van der Waals surface area (Å²) in [4.78, 5) is 0. The molecule has 0 saturated heterocycles. The summed E-state index contributed by atoms with van der Waals surface area (Å²) >= 11 is 12.2. The number of nitrogens with zero attached hydrogens (tertiary/aromatic N) is 3. The zero-order valence-corrected chi connectivity index (χ0v) is 11.7. The first kappa shape index (κ1) is 13.4. The van der Waals surface area contributed by atoms with Crippen LogP contribution in [-0.4, -0.2) is 15.0 Å². The number of hydrogen-bond donors (Lipinski definition) is 0. The molecule has 3 nitrogen and oxygen atoms in total. The summed E-state index contributed by atoms with van der Waals surface area (Å²) in [5, 5.41) is 9.22. The van der Waals surface area contributed by atoms with Crippen molar-refractivity contribution in [2.45, 2.75) is 32.2 Å². The van der Waals surface area contributed by atoms with E-state index in [0.29, 0.717) is 10.9 Å². The maximum atomic E-state index is 6.27. The van der Waals surface area contributed by atoms with Gasteiger partial charge in [-0.3, -0.25) is 4.68 Å². The number of rotatable bonds is 5. The van der Waals surface area contributed by atoms with Crippen LogP contribution in [0.1, 0.15) is 31.2 Å². The number of aromatic nitrogens is 3. The maximum absolute atomic E-state index is 6.27. The molecule has 5 heteroatoms. The number of halogens is 2. The van der Waals surface area contributed by atoms with E-state index in [1.807, 2.05) is 23.0 Å². The van der Waals surface area contributed by atoms with Gasteiger partial charge in [0.2, 0.25) is 0 Å². The number of hydrogen-bond acceptors (Lipinski definition) is 2. The Balaban J connectivity index is 2.23. The molecule has 0 bridgehead atoms. The Labute approximate surface area is 117 Å². The van der Waals surface area contributed by atoms with Crippen LogP contribution in [0.25, 0.3) is 0 Å². The molecule has 2 rings (SSSR count). The first-order chi connectivity index (χ1) is 8.70. The van der Waals surface area contributed by atoms with Crippen molar-refractivity contribution in [3.63, 3.8) is 0 Å². The standard InChI is InChI=1S/C13H15Cl2N3/c1-2-3-10(9-18-7-6-16-17-18)12-5-4-11(14)8-13(12)15/h4-8,10H,2-3,9H2,1H3. The van der Waals surface area contributed by atoms with Crippen LogP contribution in [0.15, 0.2) is 30.6 Å². The van der Waals surface area contributed by atoms with Crippen LogP contribution in [0.5, 0.6) is 0 Å². The van der Waals surface area contributed by atoms with E-state index in [1.54, 1.807) is 12.3 Å². The average Bonchev–Trinajstić information content (AvgIpc) is 2.81. The molecule has 0 N–H and O–H groups in total. The highest BCUT2D eigenvalue weighted by molar-refractivity contribution is 6.35. The van der Waals surface area contributed by atoms with Crippen molar-refractivity contribution in [1.82, 2.24) is 15.0 Å². The van der Waals surface area contributed by atoms with Crippen LogP contribution in [0.2, 0.25) is 10.0 Å². The molecule has 1 unspecified atom stereocenters. The summed E-state index contributed by atoms with van der Waals surface area (Å²) in [5.74, 6) is 0.335. The first-order valence-corrected chi connectivity index (χ1v) is 6.75. The molecule has 1 atom stereocenters. The van der Waals surface area contributed by atoms with Crippen molar-refractivity contribution in [2.75, 3.05) is 0 Å². The van der Waals surface area contributed by atoms with Crippen molar-refractivity contribution >= 4 is 23.2 Å². The lowest BCUT2D eigenvalue weighted by Crippen LogP contribution is -2.10. The monoisotopic (exact) mass is 283 g/mol. The maximum Gasteiger partial charge on any atom is 0.0692 e. The van der Waals surface area contributed by atoms with E-state index in [9.17, 15) is 0 Å². The van der Waals surface area contributed by atoms with Gasteiger partial charge in [0.1, 0.15) is 0 Å². The predicted molar refractivity (Wildman–Crippen MR) is 74.1 cm³/mol. The molecule has 0 saturated carbocycles. The van der Waals surface area contributed by atoms with Crippen LogP contribution in [-0.2, 0) is 6.54 Å². The lowest BCUT2D eigenvalue weighted by Gasteiger charge is -2.18. The van der Waals surface area contributed by atoms with Gasteiger partial charge in [-0.15, -0.1) is 5.10 Å². The van der Waals surface area contributed by atoms with E-state index in [1.165, 1.54) is 0 Å². The fourth-order valence-electron chi connectivity index (χ4n) is 2.08. The molecule has 1 aromatic heterocycles. The molecule has 0 amide bonds. The van der Waals surface area contributed by atoms with Crippen molar-refractivity contribution in [3.8, 4) is 0 Å². The molecule has 0 aliphatic heterocycles. The smallest absolute Gasteiger partial charge is 0.0692 e. The fourth-order valence-corrected chi connectivity index (χ4v) is 2.64. The zero-order chi connectivity index (χ0) is 13.0. The van der Waals surface area contributed by atoms with E-state index in [4.69, 9.17) is 23.2 Å². The fraction of sp³-hybridized carbons (Fsp3) is 0.385. The quantitative estimate of drug-likeness (QED) is 0.825. The second-order valence-corrected chi connectivity index (χ2v) is 5.12. The Hall–Kier alpha value is -1.06. The predicted octanol–water partition coefficient (Wildman–Crippen LogP) is 4.17. The van der Waals surface area contributed by atoms with Crippen LogP contribution in [0.4, 0.5) is 0 Å². The minimum atomic E-state index is 0.335. The molecule has 0 radical (unpaired) electrons. The van der Waals surface area contributed by atoms with Gasteiger partial charge < -0.3 is 0 Å². The Morgan fingerprint density at radius 2 is 2.17 bits per heavy atom. The first-order valence-electron chi connectivity index (χ1n) is 5.99. The molecule has 0 fully saturated rings. The van der Waals surface area contributed by atoms with Gasteiger partial charge in [-0.25, -0.2) is 0 Å². The van der Waals surface area contributed by atoms with E-state index >= 15 is 0 Å². The van der Waals surface area contributed by atoms with Gasteiger partial charge in [0, 0.05) is 28.7 Å². The molecule has 0 spiro atoms. The van der Waals surface area contributed by atoms with E-state index < -0.39 is 0 Å². The van der Waals surface area contributed by atoms with Crippen LogP contribution in [0.3, 0.4) is 0 Å². The van der Waals surface area contributed by atoms with E-state index in [2.05, 4.69) is 17.2 Å². The normalized spacial score (nSPS) is 12.6. The molecular formula is C13H15Cl2N3. The highest BCUT2D eigenvalue weighted by Gasteiger charge is 2.15. The van der Waals surface area contributed by atoms with Crippen molar-refractivity contribution < 1.29 is 0 Å².